The quantitative estimate of drug-likeness (QED) is 0.482. The summed E-state index contributed by atoms with van der Waals surface area (Å²) in [5, 5.41) is 0. The highest BCUT2D eigenvalue weighted by molar-refractivity contribution is 6.87. The highest BCUT2D eigenvalue weighted by atomic mass is 28.3. The molecule has 0 atom stereocenters. The first-order chi connectivity index (χ1) is 4.99. The summed E-state index contributed by atoms with van der Waals surface area (Å²) in [6.07, 6.45) is 4.40. The van der Waals surface area contributed by atoms with E-state index < -0.39 is 8.07 Å². The van der Waals surface area contributed by atoms with Gasteiger partial charge in [-0.05, 0) is 13.8 Å². The van der Waals surface area contributed by atoms with E-state index in [-0.39, 0.29) is 0 Å². The summed E-state index contributed by atoms with van der Waals surface area (Å²) >= 11 is 0. The molecule has 0 aromatic heterocycles. The van der Waals surface area contributed by atoms with E-state index in [2.05, 4.69) is 50.5 Å². The van der Waals surface area contributed by atoms with Gasteiger partial charge in [0.15, 0.2) is 0 Å². The van der Waals surface area contributed by atoms with Gasteiger partial charge in [-0.25, -0.2) is 0 Å². The molecule has 0 bridgehead atoms. The molecule has 0 spiro atoms. The molecule has 1 rings (SSSR count). The molecule has 1 aliphatic heterocycles. The number of rotatable bonds is 0. The van der Waals surface area contributed by atoms with E-state index in [1.54, 1.807) is 0 Å². The van der Waals surface area contributed by atoms with Gasteiger partial charge in [-0.1, -0.05) is 47.8 Å². The first-order valence-corrected chi connectivity index (χ1v) is 7.22. The van der Waals surface area contributed by atoms with Gasteiger partial charge in [-0.3, -0.25) is 0 Å². The van der Waals surface area contributed by atoms with Crippen LogP contribution in [0.3, 0.4) is 0 Å². The van der Waals surface area contributed by atoms with Crippen LogP contribution >= 0.6 is 0 Å². The fourth-order valence-corrected chi connectivity index (χ4v) is 4.20. The maximum atomic E-state index is 2.43. The van der Waals surface area contributed by atoms with Gasteiger partial charge in [0.25, 0.3) is 0 Å². The van der Waals surface area contributed by atoms with Crippen LogP contribution in [0.15, 0.2) is 34.7 Å². The summed E-state index contributed by atoms with van der Waals surface area (Å²) in [6.45, 7) is 9.09. The van der Waals surface area contributed by atoms with Crippen molar-refractivity contribution >= 4 is 8.07 Å². The molecule has 0 aliphatic carbocycles. The Bertz CT molecular complexity index is 218. The first-order valence-electron chi connectivity index (χ1n) is 4.07. The maximum absolute atomic E-state index is 2.43. The molecule has 0 nitrogen and oxygen atoms in total. The Hall–Kier alpha value is -0.563. The molecule has 0 amide bonds. The lowest BCUT2D eigenvalue weighted by molar-refractivity contribution is 1.50. The van der Waals surface area contributed by atoms with Crippen LogP contribution in [0.1, 0.15) is 13.8 Å². The predicted octanol–water partition coefficient (Wildman–Crippen LogP) is 3.24. The molecule has 1 aliphatic rings. The van der Waals surface area contributed by atoms with Crippen molar-refractivity contribution in [3.63, 3.8) is 0 Å². The van der Waals surface area contributed by atoms with E-state index in [4.69, 9.17) is 0 Å². The molecule has 1 heteroatoms. The van der Waals surface area contributed by atoms with Crippen LogP contribution in [0.25, 0.3) is 0 Å². The fourth-order valence-electron chi connectivity index (χ4n) is 1.57. The molecule has 0 fully saturated rings. The minimum absolute atomic E-state index is 1.15. The highest BCUT2D eigenvalue weighted by Gasteiger charge is 2.15. The van der Waals surface area contributed by atoms with E-state index in [1.807, 2.05) is 0 Å². The summed E-state index contributed by atoms with van der Waals surface area (Å²) in [5.41, 5.74) is 7.68. The van der Waals surface area contributed by atoms with Gasteiger partial charge in [-0.15, -0.1) is 0 Å². The van der Waals surface area contributed by atoms with Crippen LogP contribution in [0, 0.1) is 0 Å². The van der Waals surface area contributed by atoms with Gasteiger partial charge in [-0.2, -0.15) is 0 Å². The van der Waals surface area contributed by atoms with E-state index in [1.165, 1.54) is 11.1 Å². The Kier molecular flexibility index (Phi) is 2.19. The molecular formula is C10H16Si. The van der Waals surface area contributed by atoms with Crippen molar-refractivity contribution in [1.82, 2.24) is 0 Å². The second kappa shape index (κ2) is 2.82. The Morgan fingerprint density at radius 2 is 1.27 bits per heavy atom. The summed E-state index contributed by atoms with van der Waals surface area (Å²) < 4.78 is 0. The molecule has 0 N–H and O–H groups in total. The third kappa shape index (κ3) is 2.50. The van der Waals surface area contributed by atoms with Crippen LogP contribution in [0.5, 0.6) is 0 Å². The zero-order valence-electron chi connectivity index (χ0n) is 7.81. The van der Waals surface area contributed by atoms with Crippen LogP contribution in [-0.4, -0.2) is 8.07 Å². The third-order valence-corrected chi connectivity index (χ3v) is 4.21. The topological polar surface area (TPSA) is 0 Å². The van der Waals surface area contributed by atoms with Crippen LogP contribution in [-0.2, 0) is 0 Å². The van der Waals surface area contributed by atoms with Gasteiger partial charge in [0, 0.05) is 0 Å². The molecule has 0 unspecified atom stereocenters. The fraction of sp³-hybridized carbons (Fsp3) is 0.400. The highest BCUT2D eigenvalue weighted by Crippen LogP contribution is 2.17. The van der Waals surface area contributed by atoms with Gasteiger partial charge >= 0.3 is 0 Å². The zero-order valence-corrected chi connectivity index (χ0v) is 8.81. The minimum Gasteiger partial charge on any atom is -0.0878 e. The van der Waals surface area contributed by atoms with E-state index >= 15 is 0 Å². The average molecular weight is 164 g/mol. The molecule has 0 aromatic carbocycles. The minimum atomic E-state index is -1.15. The molecular weight excluding hydrogens is 148 g/mol. The van der Waals surface area contributed by atoms with Crippen molar-refractivity contribution in [3.05, 3.63) is 34.7 Å². The normalized spacial score (nSPS) is 22.2. The number of hydrogen-bond donors (Lipinski definition) is 0. The van der Waals surface area contributed by atoms with Gasteiger partial charge < -0.3 is 0 Å². The smallest absolute Gasteiger partial charge is 0.0878 e. The molecule has 0 saturated heterocycles. The molecule has 0 radical (unpaired) electrons. The molecule has 0 aromatic rings. The van der Waals surface area contributed by atoms with Gasteiger partial charge in [0.2, 0.25) is 0 Å². The van der Waals surface area contributed by atoms with Crippen molar-refractivity contribution in [1.29, 1.82) is 0 Å². The Morgan fingerprint density at radius 3 is 1.64 bits per heavy atom. The maximum Gasteiger partial charge on any atom is 0.0960 e. The molecule has 60 valence electrons. The van der Waals surface area contributed by atoms with Crippen LogP contribution in [0.4, 0.5) is 0 Å². The van der Waals surface area contributed by atoms with Crippen molar-refractivity contribution < 1.29 is 0 Å². The monoisotopic (exact) mass is 164 g/mol. The largest absolute Gasteiger partial charge is 0.0960 e. The predicted molar refractivity (Wildman–Crippen MR) is 54.1 cm³/mol. The molecule has 0 saturated carbocycles. The summed E-state index contributed by atoms with van der Waals surface area (Å²) in [4.78, 5) is 0. The van der Waals surface area contributed by atoms with E-state index in [0.29, 0.717) is 0 Å². The second-order valence-corrected chi connectivity index (χ2v) is 8.15. The van der Waals surface area contributed by atoms with Crippen LogP contribution in [0.2, 0.25) is 13.1 Å². The van der Waals surface area contributed by atoms with Crippen molar-refractivity contribution in [2.75, 3.05) is 0 Å². The van der Waals surface area contributed by atoms with E-state index in [0.717, 1.165) is 0 Å². The lowest BCUT2D eigenvalue weighted by atomic mass is 10.2. The molecule has 11 heavy (non-hydrogen) atoms. The van der Waals surface area contributed by atoms with E-state index in [9.17, 15) is 0 Å². The van der Waals surface area contributed by atoms with Crippen molar-refractivity contribution in [2.24, 2.45) is 0 Å². The number of allylic oxidation sites excluding steroid dienone is 4. The van der Waals surface area contributed by atoms with Gasteiger partial charge in [0.05, 0.1) is 8.07 Å². The Labute approximate surface area is 70.3 Å². The Balaban J connectivity index is 3.03. The lowest BCUT2D eigenvalue weighted by Crippen LogP contribution is -2.19. The second-order valence-electron chi connectivity index (χ2n) is 3.93. The summed E-state index contributed by atoms with van der Waals surface area (Å²) in [6, 6.07) is 0. The standard InChI is InChI=1S/C10H16Si/c1-9-5-6-10(2)8-11(3,4)7-9/h5-8H,1-4H3. The zero-order chi connectivity index (χ0) is 8.48. The van der Waals surface area contributed by atoms with Crippen molar-refractivity contribution in [3.8, 4) is 0 Å². The van der Waals surface area contributed by atoms with Gasteiger partial charge in [0.1, 0.15) is 0 Å². The third-order valence-electron chi connectivity index (χ3n) is 1.81. The Morgan fingerprint density at radius 1 is 0.909 bits per heavy atom. The summed E-state index contributed by atoms with van der Waals surface area (Å²) in [5.74, 6) is 0. The first kappa shape index (κ1) is 8.53. The number of hydrogen-bond acceptors (Lipinski definition) is 0. The van der Waals surface area contributed by atoms with Crippen LogP contribution < -0.4 is 0 Å². The lowest BCUT2D eigenvalue weighted by Gasteiger charge is -2.11. The average Bonchev–Trinajstić information content (AvgIpc) is 1.89. The summed E-state index contributed by atoms with van der Waals surface area (Å²) in [7, 11) is -1.15. The molecule has 1 heterocycles. The van der Waals surface area contributed by atoms with Crippen molar-refractivity contribution in [2.45, 2.75) is 26.9 Å². The SMILES string of the molecule is CC1=C[Si](C)(C)C=C(C)C=C1.